The molecule has 1 saturated carbocycles. The molecule has 1 aromatic carbocycles. The van der Waals surface area contributed by atoms with E-state index >= 15 is 0 Å². The van der Waals surface area contributed by atoms with Crippen molar-refractivity contribution in [2.24, 2.45) is 5.73 Å². The third-order valence-electron chi connectivity index (χ3n) is 5.85. The summed E-state index contributed by atoms with van der Waals surface area (Å²) in [5, 5.41) is 6.56. The number of rotatable bonds is 8. The van der Waals surface area contributed by atoms with E-state index in [0.29, 0.717) is 24.3 Å². The van der Waals surface area contributed by atoms with Crippen LogP contribution in [0.25, 0.3) is 0 Å². The van der Waals surface area contributed by atoms with Gasteiger partial charge in [-0.3, -0.25) is 4.79 Å². The molecule has 7 heteroatoms. The molecule has 2 heterocycles. The Morgan fingerprint density at radius 2 is 1.86 bits per heavy atom. The minimum atomic E-state index is -0.317. The van der Waals surface area contributed by atoms with Crippen LogP contribution >= 0.6 is 0 Å². The van der Waals surface area contributed by atoms with Gasteiger partial charge in [0.2, 0.25) is 11.9 Å². The third-order valence-corrected chi connectivity index (χ3v) is 5.85. The van der Waals surface area contributed by atoms with Gasteiger partial charge in [0, 0.05) is 30.4 Å². The van der Waals surface area contributed by atoms with Crippen LogP contribution < -0.4 is 16.4 Å². The fourth-order valence-corrected chi connectivity index (χ4v) is 3.90. The van der Waals surface area contributed by atoms with Crippen LogP contribution in [0.3, 0.4) is 0 Å². The van der Waals surface area contributed by atoms with E-state index in [2.05, 4.69) is 56.8 Å². The first-order valence-corrected chi connectivity index (χ1v) is 10.5. The minimum Gasteiger partial charge on any atom is -0.370 e. The minimum absolute atomic E-state index is 0.287. The van der Waals surface area contributed by atoms with Crippen LogP contribution in [0.5, 0.6) is 0 Å². The average molecular weight is 395 g/mol. The number of nitrogens with zero attached hydrogens (tertiary/aromatic N) is 3. The van der Waals surface area contributed by atoms with Crippen LogP contribution in [0, 0.1) is 0 Å². The summed E-state index contributed by atoms with van der Waals surface area (Å²) in [5.74, 6) is 2.21. The highest BCUT2D eigenvalue weighted by Gasteiger charge is 2.27. The Labute approximate surface area is 172 Å². The Hall–Kier alpha value is -2.67. The lowest BCUT2D eigenvalue weighted by Gasteiger charge is -2.29. The molecule has 2 aromatic rings. The predicted octanol–water partition coefficient (Wildman–Crippen LogP) is 3.19. The molecule has 154 valence electrons. The molecule has 4 N–H and O–H groups in total. The fraction of sp³-hybridized carbons (Fsp3) is 0.500. The molecule has 2 fully saturated rings. The number of hydrogen-bond acceptors (Lipinski definition) is 6. The van der Waals surface area contributed by atoms with E-state index in [9.17, 15) is 4.79 Å². The Bertz CT molecular complexity index is 841. The lowest BCUT2D eigenvalue weighted by molar-refractivity contribution is -0.117. The van der Waals surface area contributed by atoms with Crippen molar-refractivity contribution in [3.63, 3.8) is 0 Å². The maximum Gasteiger partial charge on any atom is 0.229 e. The second kappa shape index (κ2) is 8.78. The van der Waals surface area contributed by atoms with Gasteiger partial charge in [-0.25, -0.2) is 4.98 Å². The van der Waals surface area contributed by atoms with Crippen molar-refractivity contribution in [3.05, 3.63) is 41.6 Å². The molecule has 0 bridgehead atoms. The molecule has 0 unspecified atom stereocenters. The molecule has 0 atom stereocenters. The van der Waals surface area contributed by atoms with Crippen molar-refractivity contribution >= 4 is 23.4 Å². The van der Waals surface area contributed by atoms with Crippen LogP contribution in [0.2, 0.25) is 0 Å². The van der Waals surface area contributed by atoms with Crippen molar-refractivity contribution in [1.29, 1.82) is 0 Å². The van der Waals surface area contributed by atoms with E-state index in [0.717, 1.165) is 30.2 Å². The molecule has 1 aliphatic carbocycles. The van der Waals surface area contributed by atoms with Gasteiger partial charge in [-0.05, 0) is 75.4 Å². The molecule has 2 aliphatic rings. The van der Waals surface area contributed by atoms with Crippen molar-refractivity contribution < 1.29 is 4.79 Å². The van der Waals surface area contributed by atoms with Gasteiger partial charge in [0.15, 0.2) is 0 Å². The number of amides is 1. The normalized spacial score (nSPS) is 17.8. The molecular formula is C22H30N6O. The monoisotopic (exact) mass is 394 g/mol. The maximum absolute atomic E-state index is 11.0. The molecule has 1 saturated heterocycles. The smallest absolute Gasteiger partial charge is 0.229 e. The van der Waals surface area contributed by atoms with E-state index in [4.69, 9.17) is 5.73 Å². The number of anilines is 3. The number of carbonyl (C=O) groups is 1. The van der Waals surface area contributed by atoms with Gasteiger partial charge >= 0.3 is 0 Å². The van der Waals surface area contributed by atoms with Crippen LogP contribution in [-0.2, 0) is 4.79 Å². The number of nitrogens with one attached hydrogen (secondary N) is 2. The molecule has 1 aliphatic heterocycles. The molecule has 4 rings (SSSR count). The highest BCUT2D eigenvalue weighted by molar-refractivity contribution is 5.74. The number of nitrogens with two attached hydrogens (primary N) is 1. The van der Waals surface area contributed by atoms with Gasteiger partial charge in [-0.1, -0.05) is 12.1 Å². The first kappa shape index (κ1) is 19.6. The molecule has 29 heavy (non-hydrogen) atoms. The first-order valence-electron chi connectivity index (χ1n) is 10.5. The van der Waals surface area contributed by atoms with Crippen LogP contribution in [-0.4, -0.2) is 47.5 Å². The second-order valence-corrected chi connectivity index (χ2v) is 8.24. The Kier molecular flexibility index (Phi) is 5.94. The van der Waals surface area contributed by atoms with Gasteiger partial charge in [-0.2, -0.15) is 4.98 Å². The molecule has 1 amide bonds. The zero-order chi connectivity index (χ0) is 20.2. The summed E-state index contributed by atoms with van der Waals surface area (Å²) in [6.45, 7) is 2.81. The zero-order valence-corrected chi connectivity index (χ0v) is 17.0. The summed E-state index contributed by atoms with van der Waals surface area (Å²) in [5.41, 5.74) is 8.75. The van der Waals surface area contributed by atoms with Gasteiger partial charge in [-0.15, -0.1) is 0 Å². The largest absolute Gasteiger partial charge is 0.370 e. The number of benzene rings is 1. The number of primary amides is 1. The van der Waals surface area contributed by atoms with Crippen molar-refractivity contribution in [1.82, 2.24) is 14.9 Å². The van der Waals surface area contributed by atoms with Gasteiger partial charge in [0.1, 0.15) is 5.82 Å². The van der Waals surface area contributed by atoms with Gasteiger partial charge in [0.25, 0.3) is 0 Å². The molecule has 0 spiro atoms. The molecule has 0 radical (unpaired) electrons. The highest BCUT2D eigenvalue weighted by Crippen LogP contribution is 2.42. The summed E-state index contributed by atoms with van der Waals surface area (Å²) < 4.78 is 0. The summed E-state index contributed by atoms with van der Waals surface area (Å²) in [7, 11) is 2.19. The zero-order valence-electron chi connectivity index (χ0n) is 17.0. The number of piperidine rings is 1. The third kappa shape index (κ3) is 5.23. The van der Waals surface area contributed by atoms with Crippen molar-refractivity contribution in [3.8, 4) is 0 Å². The van der Waals surface area contributed by atoms with E-state index in [-0.39, 0.29) is 12.3 Å². The van der Waals surface area contributed by atoms with E-state index in [1.54, 1.807) is 0 Å². The Balaban J connectivity index is 1.42. The van der Waals surface area contributed by atoms with Crippen molar-refractivity contribution in [2.45, 2.75) is 43.9 Å². The number of carbonyl (C=O) groups excluding carboxylic acids is 1. The maximum atomic E-state index is 11.0. The average Bonchev–Trinajstić information content (AvgIpc) is 3.54. The number of hydrogen-bond donors (Lipinski definition) is 3. The SMILES string of the molecule is CN1CCC(c2ccc(Nc3ncc(C4CC4)c(NCCC(N)=O)n3)cc2)CC1. The van der Waals surface area contributed by atoms with Crippen LogP contribution in [0.4, 0.5) is 17.5 Å². The summed E-state index contributed by atoms with van der Waals surface area (Å²) in [4.78, 5) is 22.6. The van der Waals surface area contributed by atoms with E-state index in [1.165, 1.54) is 31.2 Å². The van der Waals surface area contributed by atoms with E-state index in [1.807, 2.05) is 6.20 Å². The Morgan fingerprint density at radius 1 is 1.14 bits per heavy atom. The summed E-state index contributed by atoms with van der Waals surface area (Å²) in [6, 6.07) is 8.63. The molecule has 7 nitrogen and oxygen atoms in total. The molecular weight excluding hydrogens is 364 g/mol. The fourth-order valence-electron chi connectivity index (χ4n) is 3.90. The van der Waals surface area contributed by atoms with Gasteiger partial charge < -0.3 is 21.3 Å². The first-order chi connectivity index (χ1) is 14.1. The highest BCUT2D eigenvalue weighted by atomic mass is 16.1. The van der Waals surface area contributed by atoms with Crippen LogP contribution in [0.1, 0.15) is 55.1 Å². The quantitative estimate of drug-likeness (QED) is 0.636. The lowest BCUT2D eigenvalue weighted by Crippen LogP contribution is -2.29. The number of likely N-dealkylation sites (tertiary alicyclic amines) is 1. The number of aromatic nitrogens is 2. The van der Waals surface area contributed by atoms with Crippen LogP contribution in [0.15, 0.2) is 30.5 Å². The lowest BCUT2D eigenvalue weighted by atomic mass is 9.89. The standard InChI is InChI=1S/C22H30N6O/c1-28-12-9-16(10-13-28)15-4-6-18(7-5-15)26-22-25-14-19(17-2-3-17)21(27-22)24-11-8-20(23)29/h4-7,14,16-17H,2-3,8-13H2,1H3,(H2,23,29)(H2,24,25,26,27). The van der Waals surface area contributed by atoms with E-state index < -0.39 is 0 Å². The summed E-state index contributed by atoms with van der Waals surface area (Å²) >= 11 is 0. The van der Waals surface area contributed by atoms with Gasteiger partial charge in [0.05, 0.1) is 0 Å². The summed E-state index contributed by atoms with van der Waals surface area (Å²) in [6.07, 6.45) is 6.95. The van der Waals surface area contributed by atoms with Crippen molar-refractivity contribution in [2.75, 3.05) is 37.3 Å². The topological polar surface area (TPSA) is 96.2 Å². The predicted molar refractivity (Wildman–Crippen MR) is 116 cm³/mol. The Morgan fingerprint density at radius 3 is 2.52 bits per heavy atom. The molecule has 1 aromatic heterocycles. The second-order valence-electron chi connectivity index (χ2n) is 8.24.